The van der Waals surface area contributed by atoms with E-state index in [-0.39, 0.29) is 23.3 Å². The van der Waals surface area contributed by atoms with Gasteiger partial charge in [0.15, 0.2) is 12.4 Å². The number of benzene rings is 2. The van der Waals surface area contributed by atoms with Crippen LogP contribution in [0.3, 0.4) is 0 Å². The van der Waals surface area contributed by atoms with E-state index >= 15 is 0 Å². The molecule has 0 fully saturated rings. The first kappa shape index (κ1) is 22.9. The number of para-hydroxylation sites is 1. The smallest absolute Gasteiger partial charge is 0.276 e. The van der Waals surface area contributed by atoms with Gasteiger partial charge in [-0.2, -0.15) is 5.10 Å². The van der Waals surface area contributed by atoms with Crippen LogP contribution in [0.4, 0.5) is 11.6 Å². The van der Waals surface area contributed by atoms with Crippen LogP contribution in [0.15, 0.2) is 77.8 Å². The molecule has 0 aliphatic carbocycles. The number of nitrogens with one attached hydrogen (secondary N) is 2. The van der Waals surface area contributed by atoms with Gasteiger partial charge < -0.3 is 10.1 Å². The number of hydrogen-bond donors (Lipinski definition) is 2. The lowest BCUT2D eigenvalue weighted by molar-refractivity contribution is 0.102. The molecule has 11 heteroatoms. The predicted octanol–water partition coefficient (Wildman–Crippen LogP) is 3.38. The highest BCUT2D eigenvalue weighted by molar-refractivity contribution is 7.92. The fourth-order valence-corrected chi connectivity index (χ4v) is 4.02. The lowest BCUT2D eigenvalue weighted by Gasteiger charge is -2.09. The second kappa shape index (κ2) is 9.71. The molecule has 0 bridgehead atoms. The molecule has 2 aromatic heterocycles. The van der Waals surface area contributed by atoms with Gasteiger partial charge in [-0.1, -0.05) is 18.2 Å². The Balaban J connectivity index is 1.37. The molecule has 0 aliphatic rings. The average Bonchev–Trinajstić information content (AvgIpc) is 3.27. The van der Waals surface area contributed by atoms with Crippen molar-refractivity contribution >= 4 is 27.6 Å². The number of carbonyl (C=O) groups excluding carboxylic acids is 1. The number of aromatic nitrogens is 4. The molecule has 2 aromatic carbocycles. The molecule has 1 amide bonds. The molecule has 0 atom stereocenters. The van der Waals surface area contributed by atoms with E-state index < -0.39 is 15.9 Å². The van der Waals surface area contributed by atoms with Crippen molar-refractivity contribution in [2.75, 3.05) is 10.0 Å². The third-order valence-electron chi connectivity index (χ3n) is 4.61. The summed E-state index contributed by atoms with van der Waals surface area (Å²) >= 11 is 0. The highest BCUT2D eigenvalue weighted by atomic mass is 32.2. The van der Waals surface area contributed by atoms with Crippen LogP contribution in [0.5, 0.6) is 5.75 Å². The molecule has 174 valence electrons. The van der Waals surface area contributed by atoms with Gasteiger partial charge in [0.25, 0.3) is 15.9 Å². The SMILES string of the molecule is Cc1cc(C)nc(NS(=O)(=O)c2ccc(NC(=O)c3ccn(COc4ccccc4)n3)cc2)n1. The maximum absolute atomic E-state index is 12.6. The fourth-order valence-electron chi connectivity index (χ4n) is 3.08. The summed E-state index contributed by atoms with van der Waals surface area (Å²) in [7, 11) is -3.89. The van der Waals surface area contributed by atoms with Gasteiger partial charge in [0, 0.05) is 23.3 Å². The van der Waals surface area contributed by atoms with Crippen molar-refractivity contribution in [3.05, 3.63) is 90.0 Å². The third kappa shape index (κ3) is 5.75. The summed E-state index contributed by atoms with van der Waals surface area (Å²) < 4.78 is 34.8. The second-order valence-electron chi connectivity index (χ2n) is 7.39. The van der Waals surface area contributed by atoms with Gasteiger partial charge in [-0.05, 0) is 62.4 Å². The van der Waals surface area contributed by atoms with Gasteiger partial charge in [0.05, 0.1) is 4.90 Å². The van der Waals surface area contributed by atoms with Gasteiger partial charge >= 0.3 is 0 Å². The van der Waals surface area contributed by atoms with E-state index in [1.165, 1.54) is 28.9 Å². The molecule has 0 aliphatic heterocycles. The fraction of sp³-hybridized carbons (Fsp3) is 0.130. The highest BCUT2D eigenvalue weighted by Gasteiger charge is 2.17. The quantitative estimate of drug-likeness (QED) is 0.397. The minimum absolute atomic E-state index is 0.00158. The molecule has 0 radical (unpaired) electrons. The van der Waals surface area contributed by atoms with Crippen molar-refractivity contribution in [1.82, 2.24) is 19.7 Å². The molecule has 2 N–H and O–H groups in total. The van der Waals surface area contributed by atoms with E-state index in [2.05, 4.69) is 25.1 Å². The number of sulfonamides is 1. The summed E-state index contributed by atoms with van der Waals surface area (Å²) in [5.41, 5.74) is 1.92. The van der Waals surface area contributed by atoms with Gasteiger partial charge in [-0.3, -0.25) is 4.79 Å². The maximum Gasteiger partial charge on any atom is 0.276 e. The molecular weight excluding hydrogens is 456 g/mol. The Morgan fingerprint density at radius 1 is 0.971 bits per heavy atom. The number of nitrogens with zero attached hydrogens (tertiary/aromatic N) is 4. The number of carbonyl (C=O) groups is 1. The lowest BCUT2D eigenvalue weighted by atomic mass is 10.3. The Bertz CT molecular complexity index is 1380. The van der Waals surface area contributed by atoms with Crippen molar-refractivity contribution in [2.45, 2.75) is 25.5 Å². The van der Waals surface area contributed by atoms with Crippen LogP contribution < -0.4 is 14.8 Å². The van der Waals surface area contributed by atoms with E-state index in [1.54, 1.807) is 32.2 Å². The Morgan fingerprint density at radius 3 is 2.32 bits per heavy atom. The Kier molecular flexibility index (Phi) is 6.55. The largest absolute Gasteiger partial charge is 0.471 e. The van der Waals surface area contributed by atoms with Crippen LogP contribution >= 0.6 is 0 Å². The lowest BCUT2D eigenvalue weighted by Crippen LogP contribution is -2.16. The van der Waals surface area contributed by atoms with Crippen molar-refractivity contribution in [2.24, 2.45) is 0 Å². The van der Waals surface area contributed by atoms with Crippen molar-refractivity contribution in [1.29, 1.82) is 0 Å². The first-order valence-electron chi connectivity index (χ1n) is 10.3. The van der Waals surface area contributed by atoms with Crippen molar-refractivity contribution < 1.29 is 17.9 Å². The standard InChI is InChI=1S/C23H22N6O4S/c1-16-14-17(2)25-23(24-16)28-34(31,32)20-10-8-18(9-11-20)26-22(30)21-12-13-29(27-21)15-33-19-6-4-3-5-7-19/h3-14H,15H2,1-2H3,(H,26,30)(H,24,25,28). The topological polar surface area (TPSA) is 128 Å². The first-order chi connectivity index (χ1) is 16.3. The monoisotopic (exact) mass is 478 g/mol. The van der Waals surface area contributed by atoms with Gasteiger partial charge in [0.1, 0.15) is 5.75 Å². The van der Waals surface area contributed by atoms with Gasteiger partial charge in [-0.15, -0.1) is 0 Å². The molecule has 0 unspecified atom stereocenters. The van der Waals surface area contributed by atoms with E-state index in [0.717, 1.165) is 0 Å². The molecule has 2 heterocycles. The maximum atomic E-state index is 12.6. The van der Waals surface area contributed by atoms with Crippen LogP contribution in [0.2, 0.25) is 0 Å². The molecule has 4 aromatic rings. The number of rotatable bonds is 8. The first-order valence-corrected chi connectivity index (χ1v) is 11.7. The molecule has 10 nitrogen and oxygen atoms in total. The molecular formula is C23H22N6O4S. The Hall–Kier alpha value is -4.25. The van der Waals surface area contributed by atoms with Crippen LogP contribution in [0, 0.1) is 13.8 Å². The second-order valence-corrected chi connectivity index (χ2v) is 9.07. The number of aryl methyl sites for hydroxylation is 2. The number of hydrogen-bond acceptors (Lipinski definition) is 7. The Morgan fingerprint density at radius 2 is 1.65 bits per heavy atom. The molecule has 0 saturated heterocycles. The number of ether oxygens (including phenoxy) is 1. The van der Waals surface area contributed by atoms with E-state index in [1.807, 2.05) is 30.3 Å². The summed E-state index contributed by atoms with van der Waals surface area (Å²) in [6.45, 7) is 3.66. The average molecular weight is 479 g/mol. The normalized spacial score (nSPS) is 11.1. The molecule has 34 heavy (non-hydrogen) atoms. The zero-order valence-electron chi connectivity index (χ0n) is 18.5. The summed E-state index contributed by atoms with van der Waals surface area (Å²) in [6.07, 6.45) is 1.63. The summed E-state index contributed by atoms with van der Waals surface area (Å²) in [5.74, 6) is 0.259. The zero-order chi connectivity index (χ0) is 24.1. The minimum atomic E-state index is -3.89. The van der Waals surface area contributed by atoms with Crippen molar-refractivity contribution in [3.8, 4) is 5.75 Å². The highest BCUT2D eigenvalue weighted by Crippen LogP contribution is 2.18. The Labute approximate surface area is 196 Å². The van der Waals surface area contributed by atoms with Crippen LogP contribution in [-0.2, 0) is 16.8 Å². The molecule has 0 spiro atoms. The van der Waals surface area contributed by atoms with Crippen LogP contribution in [0.25, 0.3) is 0 Å². The van der Waals surface area contributed by atoms with Crippen LogP contribution in [-0.4, -0.2) is 34.1 Å². The third-order valence-corrected chi connectivity index (χ3v) is 5.95. The van der Waals surface area contributed by atoms with E-state index in [0.29, 0.717) is 22.8 Å². The number of amides is 1. The predicted molar refractivity (Wildman–Crippen MR) is 126 cm³/mol. The molecule has 0 saturated carbocycles. The summed E-state index contributed by atoms with van der Waals surface area (Å²) in [4.78, 5) is 20.7. The van der Waals surface area contributed by atoms with Gasteiger partial charge in [-0.25, -0.2) is 27.8 Å². The molecule has 4 rings (SSSR count). The van der Waals surface area contributed by atoms with Crippen LogP contribution in [0.1, 0.15) is 21.9 Å². The van der Waals surface area contributed by atoms with E-state index in [4.69, 9.17) is 4.74 Å². The van der Waals surface area contributed by atoms with Crippen molar-refractivity contribution in [3.63, 3.8) is 0 Å². The number of anilines is 2. The summed E-state index contributed by atoms with van der Waals surface area (Å²) in [6, 6.07) is 18.3. The van der Waals surface area contributed by atoms with Gasteiger partial charge in [0.2, 0.25) is 5.95 Å². The zero-order valence-corrected chi connectivity index (χ0v) is 19.3. The summed E-state index contributed by atoms with van der Waals surface area (Å²) in [5, 5.41) is 6.89. The minimum Gasteiger partial charge on any atom is -0.471 e. The van der Waals surface area contributed by atoms with E-state index in [9.17, 15) is 13.2 Å².